The van der Waals surface area contributed by atoms with Gasteiger partial charge in [0, 0.05) is 42.8 Å². The van der Waals surface area contributed by atoms with Crippen molar-refractivity contribution in [2.45, 2.75) is 25.8 Å². The van der Waals surface area contributed by atoms with Crippen LogP contribution in [0.3, 0.4) is 0 Å². The number of amides is 2. The SMILES string of the molecule is C[C@H]1CN(c2cccc(Cl)c2)C(=O)CN1C(=O)CCCN1CCOCC1. The third-order valence-electron chi connectivity index (χ3n) is 4.99. The molecule has 0 aromatic heterocycles. The van der Waals surface area contributed by atoms with E-state index in [0.29, 0.717) is 18.0 Å². The summed E-state index contributed by atoms with van der Waals surface area (Å²) in [6.07, 6.45) is 1.29. The molecule has 142 valence electrons. The Bertz CT molecular complexity index is 649. The van der Waals surface area contributed by atoms with Crippen LogP contribution in [0.25, 0.3) is 0 Å². The number of rotatable bonds is 5. The monoisotopic (exact) mass is 379 g/mol. The van der Waals surface area contributed by atoms with Crippen molar-refractivity contribution in [2.24, 2.45) is 0 Å². The second kappa shape index (κ2) is 8.84. The number of anilines is 1. The molecule has 1 aromatic rings. The quantitative estimate of drug-likeness (QED) is 0.785. The molecule has 7 heteroatoms. The van der Waals surface area contributed by atoms with Crippen LogP contribution in [0.15, 0.2) is 24.3 Å². The zero-order chi connectivity index (χ0) is 18.5. The lowest BCUT2D eigenvalue weighted by Crippen LogP contribution is -2.57. The maximum absolute atomic E-state index is 12.6. The Morgan fingerprint density at radius 1 is 1.31 bits per heavy atom. The summed E-state index contributed by atoms with van der Waals surface area (Å²) in [6, 6.07) is 7.26. The minimum atomic E-state index is -0.0631. The molecule has 1 atom stereocenters. The Hall–Kier alpha value is -1.63. The fourth-order valence-electron chi connectivity index (χ4n) is 3.50. The predicted octanol–water partition coefficient (Wildman–Crippen LogP) is 2.02. The molecular weight excluding hydrogens is 354 g/mol. The molecule has 0 saturated carbocycles. The van der Waals surface area contributed by atoms with Crippen molar-refractivity contribution < 1.29 is 14.3 Å². The van der Waals surface area contributed by atoms with Crippen LogP contribution in [-0.2, 0) is 14.3 Å². The summed E-state index contributed by atoms with van der Waals surface area (Å²) in [4.78, 5) is 30.9. The Labute approximate surface area is 159 Å². The van der Waals surface area contributed by atoms with Gasteiger partial charge in [-0.3, -0.25) is 14.5 Å². The molecule has 0 spiro atoms. The van der Waals surface area contributed by atoms with Gasteiger partial charge in [-0.05, 0) is 38.1 Å². The summed E-state index contributed by atoms with van der Waals surface area (Å²) < 4.78 is 5.33. The molecular formula is C19H26ClN3O3. The fourth-order valence-corrected chi connectivity index (χ4v) is 3.69. The number of hydrogen-bond donors (Lipinski definition) is 0. The van der Waals surface area contributed by atoms with Crippen molar-refractivity contribution in [2.75, 3.05) is 50.8 Å². The third-order valence-corrected chi connectivity index (χ3v) is 5.23. The molecule has 3 rings (SSSR count). The van der Waals surface area contributed by atoms with Crippen LogP contribution in [0.5, 0.6) is 0 Å². The first-order chi connectivity index (χ1) is 12.5. The van der Waals surface area contributed by atoms with E-state index >= 15 is 0 Å². The standard InChI is InChI=1S/C19H26ClN3O3/c1-15-13-23(17-5-2-4-16(20)12-17)19(25)14-22(15)18(24)6-3-7-21-8-10-26-11-9-21/h2,4-5,12,15H,3,6-11,13-14H2,1H3/t15-/m0/s1. The minimum Gasteiger partial charge on any atom is -0.379 e. The zero-order valence-corrected chi connectivity index (χ0v) is 16.0. The molecule has 0 unspecified atom stereocenters. The second-order valence-corrected chi connectivity index (χ2v) is 7.35. The molecule has 2 amide bonds. The van der Waals surface area contributed by atoms with E-state index in [4.69, 9.17) is 16.3 Å². The fraction of sp³-hybridized carbons (Fsp3) is 0.579. The van der Waals surface area contributed by atoms with Gasteiger partial charge in [-0.1, -0.05) is 17.7 Å². The van der Waals surface area contributed by atoms with Gasteiger partial charge in [0.05, 0.1) is 13.2 Å². The van der Waals surface area contributed by atoms with Crippen LogP contribution in [0, 0.1) is 0 Å². The first-order valence-corrected chi connectivity index (χ1v) is 9.58. The molecule has 2 saturated heterocycles. The number of carbonyl (C=O) groups excluding carboxylic acids is 2. The third kappa shape index (κ3) is 4.75. The number of morpholine rings is 1. The lowest BCUT2D eigenvalue weighted by molar-refractivity contribution is -0.139. The molecule has 0 N–H and O–H groups in total. The van der Waals surface area contributed by atoms with Crippen molar-refractivity contribution in [1.29, 1.82) is 0 Å². The highest BCUT2D eigenvalue weighted by molar-refractivity contribution is 6.30. The van der Waals surface area contributed by atoms with Gasteiger partial charge >= 0.3 is 0 Å². The molecule has 6 nitrogen and oxygen atoms in total. The minimum absolute atomic E-state index is 0.0115. The van der Waals surface area contributed by atoms with Crippen LogP contribution in [-0.4, -0.2) is 73.6 Å². The molecule has 2 aliphatic heterocycles. The number of halogens is 1. The number of ether oxygens (including phenoxy) is 1. The van der Waals surface area contributed by atoms with Crippen LogP contribution < -0.4 is 4.90 Å². The van der Waals surface area contributed by atoms with E-state index in [1.165, 1.54) is 0 Å². The van der Waals surface area contributed by atoms with Gasteiger partial charge in [-0.25, -0.2) is 0 Å². The Balaban J connectivity index is 1.51. The Morgan fingerprint density at radius 3 is 2.81 bits per heavy atom. The summed E-state index contributed by atoms with van der Waals surface area (Å²) in [7, 11) is 0. The van der Waals surface area contributed by atoms with Gasteiger partial charge in [0.2, 0.25) is 11.8 Å². The van der Waals surface area contributed by atoms with Gasteiger partial charge in [-0.15, -0.1) is 0 Å². The highest BCUT2D eigenvalue weighted by Crippen LogP contribution is 2.23. The van der Waals surface area contributed by atoms with Gasteiger partial charge in [0.25, 0.3) is 0 Å². The first-order valence-electron chi connectivity index (χ1n) is 9.20. The van der Waals surface area contributed by atoms with Crippen LogP contribution in [0.4, 0.5) is 5.69 Å². The average molecular weight is 380 g/mol. The Morgan fingerprint density at radius 2 is 2.08 bits per heavy atom. The maximum atomic E-state index is 12.6. The van der Waals surface area contributed by atoms with E-state index in [9.17, 15) is 9.59 Å². The molecule has 0 radical (unpaired) electrons. The van der Waals surface area contributed by atoms with Gasteiger partial charge < -0.3 is 14.5 Å². The van der Waals surface area contributed by atoms with E-state index in [0.717, 1.165) is 45.0 Å². The molecule has 1 aromatic carbocycles. The number of piperazine rings is 1. The van der Waals surface area contributed by atoms with E-state index in [1.54, 1.807) is 21.9 Å². The number of carbonyl (C=O) groups is 2. The average Bonchev–Trinajstić information content (AvgIpc) is 2.64. The summed E-state index contributed by atoms with van der Waals surface area (Å²) in [6.45, 7) is 6.92. The van der Waals surface area contributed by atoms with E-state index in [2.05, 4.69) is 4.90 Å². The van der Waals surface area contributed by atoms with Crippen LogP contribution in [0.2, 0.25) is 5.02 Å². The number of benzene rings is 1. The predicted molar refractivity (Wildman–Crippen MR) is 101 cm³/mol. The molecule has 26 heavy (non-hydrogen) atoms. The molecule has 0 bridgehead atoms. The van der Waals surface area contributed by atoms with Crippen molar-refractivity contribution >= 4 is 29.1 Å². The van der Waals surface area contributed by atoms with E-state index in [-0.39, 0.29) is 24.4 Å². The van der Waals surface area contributed by atoms with Crippen LogP contribution in [0.1, 0.15) is 19.8 Å². The largest absolute Gasteiger partial charge is 0.379 e. The molecule has 2 fully saturated rings. The normalized spacial score (nSPS) is 21.9. The second-order valence-electron chi connectivity index (χ2n) is 6.91. The summed E-state index contributed by atoms with van der Waals surface area (Å²) in [5.41, 5.74) is 0.786. The summed E-state index contributed by atoms with van der Waals surface area (Å²) in [5, 5.41) is 0.601. The molecule has 2 heterocycles. The highest BCUT2D eigenvalue weighted by atomic mass is 35.5. The molecule has 2 aliphatic rings. The van der Waals surface area contributed by atoms with Crippen molar-refractivity contribution in [3.8, 4) is 0 Å². The van der Waals surface area contributed by atoms with Crippen LogP contribution >= 0.6 is 11.6 Å². The van der Waals surface area contributed by atoms with Crippen molar-refractivity contribution in [3.05, 3.63) is 29.3 Å². The van der Waals surface area contributed by atoms with Gasteiger partial charge in [0.1, 0.15) is 6.54 Å². The number of hydrogen-bond acceptors (Lipinski definition) is 4. The van der Waals surface area contributed by atoms with Crippen molar-refractivity contribution in [3.63, 3.8) is 0 Å². The summed E-state index contributed by atoms with van der Waals surface area (Å²) >= 11 is 6.03. The van der Waals surface area contributed by atoms with Gasteiger partial charge in [-0.2, -0.15) is 0 Å². The van der Waals surface area contributed by atoms with Gasteiger partial charge in [0.15, 0.2) is 0 Å². The van der Waals surface area contributed by atoms with E-state index < -0.39 is 0 Å². The highest BCUT2D eigenvalue weighted by Gasteiger charge is 2.33. The zero-order valence-electron chi connectivity index (χ0n) is 15.2. The Kier molecular flexibility index (Phi) is 6.51. The molecule has 0 aliphatic carbocycles. The van der Waals surface area contributed by atoms with E-state index in [1.807, 2.05) is 19.1 Å². The topological polar surface area (TPSA) is 53.1 Å². The lowest BCUT2D eigenvalue weighted by atomic mass is 10.1. The maximum Gasteiger partial charge on any atom is 0.246 e. The summed E-state index contributed by atoms with van der Waals surface area (Å²) in [5.74, 6) is -0.00301. The smallest absolute Gasteiger partial charge is 0.246 e. The first kappa shape index (κ1) is 19.1. The number of nitrogens with zero attached hydrogens (tertiary/aromatic N) is 3. The van der Waals surface area contributed by atoms with Crippen molar-refractivity contribution in [1.82, 2.24) is 9.80 Å². The lowest BCUT2D eigenvalue weighted by Gasteiger charge is -2.39.